The van der Waals surface area contributed by atoms with Gasteiger partial charge in [-0.2, -0.15) is 0 Å². The van der Waals surface area contributed by atoms with E-state index in [0.717, 1.165) is 12.8 Å². The highest BCUT2D eigenvalue weighted by Gasteiger charge is 2.28. The summed E-state index contributed by atoms with van der Waals surface area (Å²) in [5, 5.41) is 0. The Balaban J connectivity index is 1.83. The van der Waals surface area contributed by atoms with Crippen molar-refractivity contribution < 1.29 is 9.59 Å². The van der Waals surface area contributed by atoms with Crippen molar-refractivity contribution >= 4 is 12.3 Å². The molecule has 0 N–H and O–H groups in total. The van der Waals surface area contributed by atoms with Crippen molar-refractivity contribution in [3.05, 3.63) is 0 Å². The molecule has 0 spiro atoms. The molecule has 89 valence electrons. The van der Waals surface area contributed by atoms with Crippen LogP contribution < -0.4 is 0 Å². The van der Waals surface area contributed by atoms with Gasteiger partial charge in [0.15, 0.2) is 0 Å². The van der Waals surface area contributed by atoms with Crippen LogP contribution in [0.2, 0.25) is 0 Å². The molecule has 2 amide bonds. The molecule has 4 heteroatoms. The molecular formula is C12H19N2O2. The molecule has 1 aliphatic carbocycles. The molecule has 1 saturated carbocycles. The molecule has 0 atom stereocenters. The van der Waals surface area contributed by atoms with Crippen LogP contribution in [0.3, 0.4) is 0 Å². The van der Waals surface area contributed by atoms with Crippen molar-refractivity contribution in [2.75, 3.05) is 26.2 Å². The average Bonchev–Trinajstić information content (AvgIpc) is 2.39. The van der Waals surface area contributed by atoms with Gasteiger partial charge in [-0.3, -0.25) is 9.59 Å². The third-order valence-electron chi connectivity index (χ3n) is 3.67. The molecular weight excluding hydrogens is 204 g/mol. The summed E-state index contributed by atoms with van der Waals surface area (Å²) in [5.74, 6) is 0.561. The largest absolute Gasteiger partial charge is 0.339 e. The molecule has 1 heterocycles. The van der Waals surface area contributed by atoms with Gasteiger partial charge in [-0.15, -0.1) is 0 Å². The van der Waals surface area contributed by atoms with E-state index in [4.69, 9.17) is 0 Å². The fourth-order valence-corrected chi connectivity index (χ4v) is 2.63. The van der Waals surface area contributed by atoms with E-state index in [1.54, 1.807) is 4.90 Å². The van der Waals surface area contributed by atoms with E-state index in [9.17, 15) is 9.59 Å². The van der Waals surface area contributed by atoms with Gasteiger partial charge in [0.05, 0.1) is 0 Å². The van der Waals surface area contributed by atoms with Gasteiger partial charge in [0.25, 0.3) is 0 Å². The van der Waals surface area contributed by atoms with Gasteiger partial charge in [0.2, 0.25) is 5.91 Å². The highest BCUT2D eigenvalue weighted by atomic mass is 16.2. The maximum Gasteiger partial charge on any atom is 0.312 e. The van der Waals surface area contributed by atoms with Crippen LogP contribution in [0.25, 0.3) is 0 Å². The van der Waals surface area contributed by atoms with Gasteiger partial charge >= 0.3 is 6.41 Å². The Morgan fingerprint density at radius 1 is 1.00 bits per heavy atom. The topological polar surface area (TPSA) is 40.6 Å². The Labute approximate surface area is 96.6 Å². The number of carbonyl (C=O) groups excluding carboxylic acids is 2. The summed E-state index contributed by atoms with van der Waals surface area (Å²) in [4.78, 5) is 26.1. The fraction of sp³-hybridized carbons (Fsp3) is 0.833. The monoisotopic (exact) mass is 223 g/mol. The molecule has 4 nitrogen and oxygen atoms in total. The maximum absolute atomic E-state index is 12.2. The van der Waals surface area contributed by atoms with Crippen LogP contribution in [-0.2, 0) is 9.59 Å². The summed E-state index contributed by atoms with van der Waals surface area (Å²) in [5.41, 5.74) is 0. The summed E-state index contributed by atoms with van der Waals surface area (Å²) >= 11 is 0. The number of carbonyl (C=O) groups is 1. The Hall–Kier alpha value is -1.06. The van der Waals surface area contributed by atoms with E-state index >= 15 is 0 Å². The lowest BCUT2D eigenvalue weighted by Gasteiger charge is -2.35. The maximum atomic E-state index is 12.2. The van der Waals surface area contributed by atoms with Crippen LogP contribution in [0.15, 0.2) is 0 Å². The van der Waals surface area contributed by atoms with Crippen LogP contribution in [0.1, 0.15) is 32.1 Å². The van der Waals surface area contributed by atoms with Gasteiger partial charge in [-0.1, -0.05) is 19.3 Å². The second kappa shape index (κ2) is 5.32. The Kier molecular flexibility index (Phi) is 3.80. The smallest absolute Gasteiger partial charge is 0.312 e. The minimum Gasteiger partial charge on any atom is -0.339 e. The molecule has 1 aliphatic heterocycles. The second-order valence-electron chi connectivity index (χ2n) is 4.74. The molecule has 0 aromatic carbocycles. The fourth-order valence-electron chi connectivity index (χ4n) is 2.63. The minimum absolute atomic E-state index is 0.250. The van der Waals surface area contributed by atoms with Crippen molar-refractivity contribution in [2.24, 2.45) is 5.92 Å². The van der Waals surface area contributed by atoms with Gasteiger partial charge in [0, 0.05) is 32.1 Å². The van der Waals surface area contributed by atoms with Crippen molar-refractivity contribution in [3.63, 3.8) is 0 Å². The normalized spacial score (nSPS) is 23.2. The van der Waals surface area contributed by atoms with E-state index < -0.39 is 0 Å². The van der Waals surface area contributed by atoms with E-state index in [1.165, 1.54) is 19.3 Å². The first-order chi connectivity index (χ1) is 7.81. The zero-order valence-electron chi connectivity index (χ0n) is 9.65. The van der Waals surface area contributed by atoms with Crippen molar-refractivity contribution in [2.45, 2.75) is 32.1 Å². The zero-order chi connectivity index (χ0) is 11.4. The number of amides is 2. The number of nitrogens with zero attached hydrogens (tertiary/aromatic N) is 2. The first-order valence-electron chi connectivity index (χ1n) is 6.23. The number of piperazine rings is 1. The molecule has 1 radical (unpaired) electrons. The molecule has 0 bridgehead atoms. The lowest BCUT2D eigenvalue weighted by Crippen LogP contribution is -2.50. The first kappa shape index (κ1) is 11.4. The third kappa shape index (κ3) is 2.54. The second-order valence-corrected chi connectivity index (χ2v) is 4.74. The minimum atomic E-state index is 0.250. The lowest BCUT2D eigenvalue weighted by molar-refractivity contribution is -0.137. The van der Waals surface area contributed by atoms with Gasteiger partial charge in [0.1, 0.15) is 0 Å². The quantitative estimate of drug-likeness (QED) is 0.694. The van der Waals surface area contributed by atoms with Gasteiger partial charge < -0.3 is 9.80 Å². The van der Waals surface area contributed by atoms with Crippen LogP contribution in [-0.4, -0.2) is 48.3 Å². The lowest BCUT2D eigenvalue weighted by atomic mass is 9.88. The van der Waals surface area contributed by atoms with Crippen molar-refractivity contribution in [1.29, 1.82) is 0 Å². The summed E-state index contributed by atoms with van der Waals surface area (Å²) in [6.07, 6.45) is 7.66. The standard InChI is InChI=1S/C12H19N2O2/c15-10-13-6-8-14(9-7-13)12(16)11-4-2-1-3-5-11/h11H,1-9H2. The number of rotatable bonds is 2. The summed E-state index contributed by atoms with van der Waals surface area (Å²) in [6.45, 7) is 2.65. The van der Waals surface area contributed by atoms with Gasteiger partial charge in [-0.25, -0.2) is 0 Å². The van der Waals surface area contributed by atoms with E-state index in [1.807, 2.05) is 11.3 Å². The first-order valence-corrected chi connectivity index (χ1v) is 6.23. The SMILES string of the molecule is O=[C]N1CCN(C(=O)C2CCCCC2)CC1. The predicted octanol–water partition coefficient (Wildman–Crippen LogP) is 0.778. The van der Waals surface area contributed by atoms with Crippen LogP contribution in [0.5, 0.6) is 0 Å². The van der Waals surface area contributed by atoms with E-state index in [0.29, 0.717) is 32.1 Å². The Bertz CT molecular complexity index is 254. The Morgan fingerprint density at radius 3 is 2.19 bits per heavy atom. The van der Waals surface area contributed by atoms with E-state index in [2.05, 4.69) is 0 Å². The van der Waals surface area contributed by atoms with E-state index in [-0.39, 0.29) is 5.92 Å². The summed E-state index contributed by atoms with van der Waals surface area (Å²) in [7, 11) is 0. The molecule has 2 aliphatic rings. The molecule has 0 aromatic heterocycles. The van der Waals surface area contributed by atoms with Crippen LogP contribution >= 0.6 is 0 Å². The molecule has 0 unspecified atom stereocenters. The summed E-state index contributed by atoms with van der Waals surface area (Å²) in [6, 6.07) is 0. The third-order valence-corrected chi connectivity index (χ3v) is 3.67. The summed E-state index contributed by atoms with van der Waals surface area (Å²) < 4.78 is 0. The molecule has 1 saturated heterocycles. The molecule has 2 rings (SSSR count). The highest BCUT2D eigenvalue weighted by molar-refractivity contribution is 5.79. The number of hydrogen-bond donors (Lipinski definition) is 0. The zero-order valence-corrected chi connectivity index (χ0v) is 9.65. The molecule has 2 fully saturated rings. The molecule has 16 heavy (non-hydrogen) atoms. The van der Waals surface area contributed by atoms with Crippen molar-refractivity contribution in [3.8, 4) is 0 Å². The highest BCUT2D eigenvalue weighted by Crippen LogP contribution is 2.25. The van der Waals surface area contributed by atoms with Crippen LogP contribution in [0, 0.1) is 5.92 Å². The molecule has 0 aromatic rings. The average molecular weight is 223 g/mol. The predicted molar refractivity (Wildman–Crippen MR) is 60.4 cm³/mol. The Morgan fingerprint density at radius 2 is 1.62 bits per heavy atom. The number of hydrogen-bond acceptors (Lipinski definition) is 2. The van der Waals surface area contributed by atoms with Crippen LogP contribution in [0.4, 0.5) is 0 Å². The van der Waals surface area contributed by atoms with Crippen molar-refractivity contribution in [1.82, 2.24) is 9.80 Å². The van der Waals surface area contributed by atoms with Gasteiger partial charge in [-0.05, 0) is 12.8 Å².